The van der Waals surface area contributed by atoms with Crippen LogP contribution < -0.4 is 5.32 Å². The van der Waals surface area contributed by atoms with Gasteiger partial charge in [-0.3, -0.25) is 10.1 Å². The van der Waals surface area contributed by atoms with Gasteiger partial charge in [0.05, 0.1) is 19.2 Å². The van der Waals surface area contributed by atoms with E-state index in [1.165, 1.54) is 6.07 Å². The molecular weight excluding hydrogens is 279 g/mol. The van der Waals surface area contributed by atoms with Crippen LogP contribution >= 0.6 is 11.8 Å². The number of nitrogens with one attached hydrogen (secondary N) is 1. The van der Waals surface area contributed by atoms with Gasteiger partial charge < -0.3 is 9.64 Å². The van der Waals surface area contributed by atoms with Crippen molar-refractivity contribution in [2.75, 3.05) is 31.3 Å². The molecule has 2 aliphatic heterocycles. The first kappa shape index (κ1) is 13.9. The maximum Gasteiger partial charge on any atom is 0.240 e. The minimum atomic E-state index is -0.372. The highest BCUT2D eigenvalue weighted by atomic mass is 32.2. The van der Waals surface area contributed by atoms with Gasteiger partial charge in [-0.15, -0.1) is 11.8 Å². The lowest BCUT2D eigenvalue weighted by Crippen LogP contribution is -2.50. The number of hydrogen-bond acceptors (Lipinski definition) is 4. The molecule has 1 aromatic carbocycles. The number of nitrogens with zero attached hydrogens (tertiary/aromatic N) is 1. The molecule has 2 aliphatic rings. The monoisotopic (exact) mass is 296 g/mol. The summed E-state index contributed by atoms with van der Waals surface area (Å²) in [5.41, 5.74) is 0.527. The maximum absolute atomic E-state index is 13.8. The second-order valence-corrected chi connectivity index (χ2v) is 5.97. The van der Waals surface area contributed by atoms with Crippen molar-refractivity contribution >= 4 is 17.7 Å². The average Bonchev–Trinajstić information content (AvgIpc) is 3.01. The van der Waals surface area contributed by atoms with E-state index in [2.05, 4.69) is 5.32 Å². The molecule has 4 nitrogen and oxygen atoms in total. The van der Waals surface area contributed by atoms with E-state index in [9.17, 15) is 9.18 Å². The predicted molar refractivity (Wildman–Crippen MR) is 75.9 cm³/mol. The molecule has 2 atom stereocenters. The molecule has 1 aromatic rings. The topological polar surface area (TPSA) is 41.6 Å². The second kappa shape index (κ2) is 6.11. The fraction of sp³-hybridized carbons (Fsp3) is 0.500. The highest BCUT2D eigenvalue weighted by molar-refractivity contribution is 7.99. The predicted octanol–water partition coefficient (Wildman–Crippen LogP) is 1.39. The van der Waals surface area contributed by atoms with Crippen LogP contribution in [0.4, 0.5) is 4.39 Å². The number of morpholine rings is 1. The average molecular weight is 296 g/mol. The number of benzene rings is 1. The lowest BCUT2D eigenvalue weighted by atomic mass is 10.1. The number of carbonyl (C=O) groups excluding carboxylic acids is 1. The highest BCUT2D eigenvalue weighted by Crippen LogP contribution is 2.25. The third-order valence-corrected chi connectivity index (χ3v) is 4.58. The van der Waals surface area contributed by atoms with Crippen molar-refractivity contribution in [1.82, 2.24) is 10.2 Å². The number of rotatable bonds is 2. The SMILES string of the molecule is O=C([C@@H]1CSCN1)N1CCO[C@@H](c2ccccc2F)C1. The Balaban J connectivity index is 1.70. The number of halogens is 1. The highest BCUT2D eigenvalue weighted by Gasteiger charge is 2.32. The molecule has 3 rings (SSSR count). The standard InChI is InChI=1S/C14H17FN2O2S/c15-11-4-2-1-3-10(11)13-7-17(5-6-19-13)14(18)12-8-20-9-16-12/h1-4,12-13,16H,5-9H2/t12-,13+/m0/s1. The lowest BCUT2D eigenvalue weighted by molar-refractivity contribution is -0.140. The molecule has 2 fully saturated rings. The van der Waals surface area contributed by atoms with Crippen LogP contribution in [0.1, 0.15) is 11.7 Å². The Hall–Kier alpha value is -1.11. The molecule has 0 bridgehead atoms. The molecule has 2 heterocycles. The van der Waals surface area contributed by atoms with Crippen LogP contribution in [0.15, 0.2) is 24.3 Å². The van der Waals surface area contributed by atoms with E-state index >= 15 is 0 Å². The van der Waals surface area contributed by atoms with Crippen molar-refractivity contribution < 1.29 is 13.9 Å². The van der Waals surface area contributed by atoms with Gasteiger partial charge in [0.1, 0.15) is 11.9 Å². The van der Waals surface area contributed by atoms with Crippen molar-refractivity contribution in [2.24, 2.45) is 0 Å². The summed E-state index contributed by atoms with van der Waals surface area (Å²) < 4.78 is 19.4. The Morgan fingerprint density at radius 1 is 1.45 bits per heavy atom. The Bertz CT molecular complexity index is 494. The third-order valence-electron chi connectivity index (χ3n) is 3.64. The van der Waals surface area contributed by atoms with Crippen LogP contribution in [0.5, 0.6) is 0 Å². The molecule has 0 spiro atoms. The lowest BCUT2D eigenvalue weighted by Gasteiger charge is -2.34. The Labute approximate surface area is 121 Å². The summed E-state index contributed by atoms with van der Waals surface area (Å²) in [6.07, 6.45) is -0.372. The van der Waals surface area contributed by atoms with E-state index in [-0.39, 0.29) is 23.9 Å². The number of carbonyl (C=O) groups is 1. The Morgan fingerprint density at radius 2 is 2.30 bits per heavy atom. The molecule has 1 amide bonds. The molecule has 0 aliphatic carbocycles. The zero-order valence-electron chi connectivity index (χ0n) is 11.0. The van der Waals surface area contributed by atoms with E-state index in [1.54, 1.807) is 34.9 Å². The largest absolute Gasteiger partial charge is 0.370 e. The summed E-state index contributed by atoms with van der Waals surface area (Å²) in [5.74, 6) is 1.44. The van der Waals surface area contributed by atoms with Crippen molar-refractivity contribution in [3.63, 3.8) is 0 Å². The van der Waals surface area contributed by atoms with Gasteiger partial charge in [-0.1, -0.05) is 18.2 Å². The van der Waals surface area contributed by atoms with Crippen molar-refractivity contribution in [1.29, 1.82) is 0 Å². The zero-order valence-corrected chi connectivity index (χ0v) is 11.9. The second-order valence-electron chi connectivity index (χ2n) is 4.94. The molecule has 6 heteroatoms. The number of hydrogen-bond donors (Lipinski definition) is 1. The number of ether oxygens (including phenoxy) is 1. The third kappa shape index (κ3) is 2.82. The van der Waals surface area contributed by atoms with E-state index in [0.29, 0.717) is 25.3 Å². The van der Waals surface area contributed by atoms with Crippen LogP contribution in [-0.4, -0.2) is 48.2 Å². The summed E-state index contributed by atoms with van der Waals surface area (Å²) >= 11 is 1.72. The summed E-state index contributed by atoms with van der Waals surface area (Å²) in [7, 11) is 0. The van der Waals surface area contributed by atoms with E-state index in [0.717, 1.165) is 11.6 Å². The van der Waals surface area contributed by atoms with Gasteiger partial charge in [0.25, 0.3) is 0 Å². The maximum atomic E-state index is 13.8. The summed E-state index contributed by atoms with van der Waals surface area (Å²) in [6, 6.07) is 6.48. The first-order valence-electron chi connectivity index (χ1n) is 6.71. The minimum Gasteiger partial charge on any atom is -0.370 e. The first-order chi connectivity index (χ1) is 9.75. The summed E-state index contributed by atoms with van der Waals surface area (Å²) in [5, 5.41) is 3.18. The Morgan fingerprint density at radius 3 is 3.05 bits per heavy atom. The molecule has 0 aromatic heterocycles. The van der Waals surface area contributed by atoms with Gasteiger partial charge in [-0.2, -0.15) is 0 Å². The first-order valence-corrected chi connectivity index (χ1v) is 7.87. The smallest absolute Gasteiger partial charge is 0.240 e. The molecular formula is C14H17FN2O2S. The van der Waals surface area contributed by atoms with Gasteiger partial charge in [0.2, 0.25) is 5.91 Å². The van der Waals surface area contributed by atoms with E-state index < -0.39 is 0 Å². The van der Waals surface area contributed by atoms with Gasteiger partial charge in [0.15, 0.2) is 0 Å². The van der Waals surface area contributed by atoms with Crippen molar-refractivity contribution in [3.8, 4) is 0 Å². The fourth-order valence-corrected chi connectivity index (χ4v) is 3.48. The molecule has 0 saturated carbocycles. The fourth-order valence-electron chi connectivity index (χ4n) is 2.55. The van der Waals surface area contributed by atoms with Crippen LogP contribution in [0, 0.1) is 5.82 Å². The molecule has 0 unspecified atom stereocenters. The summed E-state index contributed by atoms with van der Waals surface area (Å²) in [6.45, 7) is 1.44. The van der Waals surface area contributed by atoms with Gasteiger partial charge in [0, 0.05) is 23.7 Å². The van der Waals surface area contributed by atoms with E-state index in [1.807, 2.05) is 0 Å². The van der Waals surface area contributed by atoms with E-state index in [4.69, 9.17) is 4.74 Å². The van der Waals surface area contributed by atoms with Crippen LogP contribution in [0.3, 0.4) is 0 Å². The zero-order chi connectivity index (χ0) is 13.9. The minimum absolute atomic E-state index is 0.0969. The van der Waals surface area contributed by atoms with Gasteiger partial charge in [-0.25, -0.2) is 4.39 Å². The van der Waals surface area contributed by atoms with Crippen LogP contribution in [-0.2, 0) is 9.53 Å². The number of amides is 1. The normalized spacial score (nSPS) is 26.8. The molecule has 20 heavy (non-hydrogen) atoms. The summed E-state index contributed by atoms with van der Waals surface area (Å²) in [4.78, 5) is 14.1. The van der Waals surface area contributed by atoms with Crippen LogP contribution in [0.2, 0.25) is 0 Å². The molecule has 108 valence electrons. The van der Waals surface area contributed by atoms with Crippen molar-refractivity contribution in [2.45, 2.75) is 12.1 Å². The van der Waals surface area contributed by atoms with Crippen molar-refractivity contribution in [3.05, 3.63) is 35.6 Å². The molecule has 0 radical (unpaired) electrons. The van der Waals surface area contributed by atoms with Gasteiger partial charge >= 0.3 is 0 Å². The quantitative estimate of drug-likeness (QED) is 0.895. The van der Waals surface area contributed by atoms with Gasteiger partial charge in [-0.05, 0) is 6.07 Å². The molecule has 1 N–H and O–H groups in total. The molecule has 2 saturated heterocycles. The Kier molecular flexibility index (Phi) is 4.24. The number of thioether (sulfide) groups is 1. The van der Waals surface area contributed by atoms with Crippen LogP contribution in [0.25, 0.3) is 0 Å².